The molecular weight excluding hydrogens is 465 g/mol. The first-order chi connectivity index (χ1) is 15.1. The lowest BCUT2D eigenvalue weighted by Gasteiger charge is -2.12. The molecule has 3 aromatic heterocycles. The Morgan fingerprint density at radius 1 is 1.19 bits per heavy atom. The molecule has 1 aromatic carbocycles. The Kier molecular flexibility index (Phi) is 5.78. The SMILES string of the molecule is CC(NC(=O)c1cc2c(cn1)ncn2C)c1cnc(Nc2ccc(C(F)(F)F)cc2Cl)s1. The standard InChI is InChI=1S/C20H16ClF3N6OS/c1-10(28-18(31)14-6-16-15(7-25-14)27-9-30(16)2)17-8-26-19(32-17)29-13-4-3-11(5-12(13)21)20(22,23)24/h3-10H,1-2H3,(H,26,29)(H,28,31). The number of nitrogens with zero attached hydrogens (tertiary/aromatic N) is 4. The van der Waals surface area contributed by atoms with Gasteiger partial charge in [-0.2, -0.15) is 13.2 Å². The van der Waals surface area contributed by atoms with Crippen LogP contribution in [0.25, 0.3) is 11.0 Å². The molecule has 0 radical (unpaired) electrons. The van der Waals surface area contributed by atoms with Crippen LogP contribution >= 0.6 is 22.9 Å². The number of hydrogen-bond donors (Lipinski definition) is 2. The van der Waals surface area contributed by atoms with Gasteiger partial charge in [-0.25, -0.2) is 15.0 Å². The van der Waals surface area contributed by atoms with Gasteiger partial charge in [-0.15, -0.1) is 0 Å². The van der Waals surface area contributed by atoms with Crippen LogP contribution in [0, 0.1) is 0 Å². The van der Waals surface area contributed by atoms with Crippen LogP contribution in [0.1, 0.15) is 33.9 Å². The third-order valence-corrected chi connectivity index (χ3v) is 6.09. The number of fused-ring (bicyclic) bond motifs is 1. The molecule has 12 heteroatoms. The number of imidazole rings is 1. The molecule has 7 nitrogen and oxygen atoms in total. The van der Waals surface area contributed by atoms with E-state index in [2.05, 4.69) is 25.6 Å². The highest BCUT2D eigenvalue weighted by Crippen LogP contribution is 2.35. The molecule has 1 amide bonds. The molecule has 0 saturated heterocycles. The number of rotatable bonds is 5. The molecule has 0 spiro atoms. The second-order valence-corrected chi connectivity index (χ2v) is 8.46. The molecule has 4 rings (SSSR count). The van der Waals surface area contributed by atoms with Gasteiger partial charge in [0.2, 0.25) is 0 Å². The number of anilines is 2. The van der Waals surface area contributed by atoms with Crippen molar-refractivity contribution in [3.05, 3.63) is 64.1 Å². The Morgan fingerprint density at radius 2 is 1.97 bits per heavy atom. The van der Waals surface area contributed by atoms with E-state index in [1.807, 2.05) is 7.05 Å². The average molecular weight is 481 g/mol. The summed E-state index contributed by atoms with van der Waals surface area (Å²) in [6.07, 6.45) is 0.289. The third-order valence-electron chi connectivity index (χ3n) is 4.68. The smallest absolute Gasteiger partial charge is 0.343 e. The summed E-state index contributed by atoms with van der Waals surface area (Å²) in [5, 5.41) is 6.12. The fourth-order valence-electron chi connectivity index (χ4n) is 2.95. The number of carbonyl (C=O) groups excluding carboxylic acids is 1. The zero-order valence-electron chi connectivity index (χ0n) is 16.7. The number of amides is 1. The Bertz CT molecular complexity index is 1300. The molecule has 1 atom stereocenters. The van der Waals surface area contributed by atoms with E-state index < -0.39 is 11.7 Å². The maximum Gasteiger partial charge on any atom is 0.416 e. The van der Waals surface area contributed by atoms with Crippen LogP contribution in [0.4, 0.5) is 24.0 Å². The molecular formula is C20H16ClF3N6OS. The van der Waals surface area contributed by atoms with Crippen LogP contribution in [0.3, 0.4) is 0 Å². The highest BCUT2D eigenvalue weighted by molar-refractivity contribution is 7.15. The van der Waals surface area contributed by atoms with E-state index in [0.29, 0.717) is 16.3 Å². The van der Waals surface area contributed by atoms with Crippen LogP contribution in [0.2, 0.25) is 5.02 Å². The molecule has 0 aliphatic heterocycles. The number of alkyl halides is 3. The van der Waals surface area contributed by atoms with Crippen molar-refractivity contribution in [3.63, 3.8) is 0 Å². The number of pyridine rings is 1. The normalized spacial score (nSPS) is 12.7. The molecule has 0 saturated carbocycles. The summed E-state index contributed by atoms with van der Waals surface area (Å²) in [5.74, 6) is -0.353. The molecule has 166 valence electrons. The van der Waals surface area contributed by atoms with E-state index in [9.17, 15) is 18.0 Å². The molecule has 4 aromatic rings. The maximum atomic E-state index is 12.8. The number of halogens is 4. The lowest BCUT2D eigenvalue weighted by Crippen LogP contribution is -2.26. The van der Waals surface area contributed by atoms with Crippen molar-refractivity contribution in [2.75, 3.05) is 5.32 Å². The van der Waals surface area contributed by atoms with Crippen LogP contribution in [-0.4, -0.2) is 25.4 Å². The first-order valence-electron chi connectivity index (χ1n) is 9.29. The van der Waals surface area contributed by atoms with Crippen molar-refractivity contribution >= 4 is 50.7 Å². The lowest BCUT2D eigenvalue weighted by atomic mass is 10.2. The third kappa shape index (κ3) is 4.53. The van der Waals surface area contributed by atoms with E-state index in [1.54, 1.807) is 30.1 Å². The molecule has 3 heterocycles. The number of hydrogen-bond acceptors (Lipinski definition) is 6. The Labute approximate surface area is 189 Å². The Hall–Kier alpha value is -3.18. The van der Waals surface area contributed by atoms with E-state index in [-0.39, 0.29) is 22.7 Å². The molecule has 32 heavy (non-hydrogen) atoms. The monoisotopic (exact) mass is 480 g/mol. The van der Waals surface area contributed by atoms with Crippen molar-refractivity contribution in [1.29, 1.82) is 0 Å². The summed E-state index contributed by atoms with van der Waals surface area (Å²) >= 11 is 7.23. The summed E-state index contributed by atoms with van der Waals surface area (Å²) in [4.78, 5) is 25.9. The van der Waals surface area contributed by atoms with E-state index in [4.69, 9.17) is 11.6 Å². The van der Waals surface area contributed by atoms with Gasteiger partial charge in [-0.05, 0) is 31.2 Å². The average Bonchev–Trinajstić information content (AvgIpc) is 3.35. The second kappa shape index (κ2) is 8.40. The Balaban J connectivity index is 1.44. The van der Waals surface area contributed by atoms with Gasteiger partial charge in [0.15, 0.2) is 5.13 Å². The number of nitrogens with one attached hydrogen (secondary N) is 2. The molecule has 1 unspecified atom stereocenters. The predicted molar refractivity (Wildman–Crippen MR) is 116 cm³/mol. The molecule has 0 fully saturated rings. The summed E-state index contributed by atoms with van der Waals surface area (Å²) in [6, 6.07) is 4.34. The van der Waals surface area contributed by atoms with Crippen LogP contribution < -0.4 is 10.6 Å². The highest BCUT2D eigenvalue weighted by Gasteiger charge is 2.31. The van der Waals surface area contributed by atoms with E-state index >= 15 is 0 Å². The second-order valence-electron chi connectivity index (χ2n) is 6.99. The van der Waals surface area contributed by atoms with Gasteiger partial charge in [0.1, 0.15) is 11.2 Å². The molecule has 2 N–H and O–H groups in total. The first kappa shape index (κ1) is 22.0. The number of aromatic nitrogens is 4. The van der Waals surface area contributed by atoms with E-state index in [0.717, 1.165) is 22.5 Å². The van der Waals surface area contributed by atoms with Crippen molar-refractivity contribution in [2.45, 2.75) is 19.1 Å². The van der Waals surface area contributed by atoms with Crippen LogP contribution in [0.5, 0.6) is 0 Å². The topological polar surface area (TPSA) is 84.7 Å². The van der Waals surface area contributed by atoms with Crippen LogP contribution in [0.15, 0.2) is 43.0 Å². The largest absolute Gasteiger partial charge is 0.416 e. The predicted octanol–water partition coefficient (Wildman–Crippen LogP) is 5.33. The minimum Gasteiger partial charge on any atom is -0.343 e. The number of carbonyl (C=O) groups is 1. The van der Waals surface area contributed by atoms with Gasteiger partial charge < -0.3 is 15.2 Å². The fraction of sp³-hybridized carbons (Fsp3) is 0.200. The number of aryl methyl sites for hydroxylation is 1. The number of thiazole rings is 1. The molecule has 0 aliphatic rings. The summed E-state index contributed by atoms with van der Waals surface area (Å²) in [6.45, 7) is 1.79. The fourth-order valence-corrected chi connectivity index (χ4v) is 4.01. The Morgan fingerprint density at radius 3 is 2.69 bits per heavy atom. The van der Waals surface area contributed by atoms with Crippen LogP contribution in [-0.2, 0) is 13.2 Å². The summed E-state index contributed by atoms with van der Waals surface area (Å²) in [5.41, 5.74) is 1.20. The minimum atomic E-state index is -4.47. The summed E-state index contributed by atoms with van der Waals surface area (Å²) < 4.78 is 40.2. The quantitative estimate of drug-likeness (QED) is 0.403. The zero-order chi connectivity index (χ0) is 23.0. The van der Waals surface area contributed by atoms with Gasteiger partial charge in [0.25, 0.3) is 5.91 Å². The lowest BCUT2D eigenvalue weighted by molar-refractivity contribution is -0.137. The van der Waals surface area contributed by atoms with Gasteiger partial charge in [-0.1, -0.05) is 22.9 Å². The van der Waals surface area contributed by atoms with Crippen molar-refractivity contribution in [2.24, 2.45) is 7.05 Å². The van der Waals surface area contributed by atoms with Crippen molar-refractivity contribution in [3.8, 4) is 0 Å². The molecule has 0 aliphatic carbocycles. The number of benzene rings is 1. The van der Waals surface area contributed by atoms with Crippen molar-refractivity contribution < 1.29 is 18.0 Å². The first-order valence-corrected chi connectivity index (χ1v) is 10.5. The maximum absolute atomic E-state index is 12.8. The summed E-state index contributed by atoms with van der Waals surface area (Å²) in [7, 11) is 1.83. The van der Waals surface area contributed by atoms with E-state index in [1.165, 1.54) is 23.6 Å². The molecule has 0 bridgehead atoms. The van der Waals surface area contributed by atoms with Gasteiger partial charge in [0.05, 0.1) is 40.4 Å². The minimum absolute atomic E-state index is 0.0745. The highest BCUT2D eigenvalue weighted by atomic mass is 35.5. The van der Waals surface area contributed by atoms with Crippen molar-refractivity contribution in [1.82, 2.24) is 24.8 Å². The van der Waals surface area contributed by atoms with Gasteiger partial charge in [0, 0.05) is 18.1 Å². The van der Waals surface area contributed by atoms with Gasteiger partial charge in [-0.3, -0.25) is 4.79 Å². The van der Waals surface area contributed by atoms with Gasteiger partial charge >= 0.3 is 6.18 Å². The zero-order valence-corrected chi connectivity index (χ0v) is 18.3.